The molecule has 0 radical (unpaired) electrons. The molecule has 17 rings (SSSR count). The van der Waals surface area contributed by atoms with Gasteiger partial charge in [0.1, 0.15) is 0 Å². The molecule has 5 N–H and O–H groups in total. The van der Waals surface area contributed by atoms with Gasteiger partial charge in [-0.1, -0.05) is 217 Å². The topological polar surface area (TPSA) is 162 Å². The summed E-state index contributed by atoms with van der Waals surface area (Å²) in [5.74, 6) is -1.74. The number of nitrogens with one attached hydrogen (secondary N) is 5. The molecule has 0 aliphatic carbocycles. The van der Waals surface area contributed by atoms with E-state index in [1.807, 2.05) is 165 Å². The minimum Gasteiger partial charge on any atom is -0.344 e. The second-order valence-electron chi connectivity index (χ2n) is 34.7. The molecule has 7 saturated heterocycles. The molecule has 15 nitrogen and oxygen atoms in total. The fourth-order valence-electron chi connectivity index (χ4n) is 18.8. The molecule has 716 valence electrons. The number of amides is 5. The molecule has 0 saturated carbocycles. The van der Waals surface area contributed by atoms with Crippen molar-refractivity contribution in [2.75, 3.05) is 60.9 Å². The lowest BCUT2D eigenvalue weighted by Gasteiger charge is -2.48. The standard InChI is InChI=1S/C22H22ClF3N2O.C22H24ClF3N2O.C20H20ClF3N2O.C19H20ClF3N2OS.C18H22N2OS/c23-19-16(7-4-8-17(19)22(24,25)26)21(29)27-20(15-5-2-1-3-6-15)18-13-14-9-11-28(18)12-10-14;1-14-8-6-13-18(28(14)2)20(15-9-4-3-5-10-15)27-21(29)16-11-7-12-17(19(16)23)22(24,25)26;1-26-12-6-11-16(26)18(13-7-3-2-4-8-13)25-19(27)14-9-5-10-15(17(14)21)20(22,23)24;1-25-9-3-2-7-15(25)17(12-8-10-27-11-12)24-18(26)13-5-4-6-14(16(13)20)19(21,22)23;1-20-12-6-5-10-15(20)17(14-8-3-2-4-9-14)19-18(21)16-11-7-13-22-16/h1-8,14,18,20H,9-13H2,(H,27,29);3-5,7,9-12,14,18,20H,6,8,13H2,1-2H3,(H,27,29);2-5,7-10,16,18H,6,11-12H2,1H3,(H,25,27);4-6,8,10-11,15,17H,2-3,7,9H2,1H3,(H,24,26);2-4,7-9,11,13,15,17H,5-6,10,12H2,1H3,(H,19,21)/t18-,20-;14-,18-,20-;16-,18-;;/m011../s1. The van der Waals surface area contributed by atoms with Gasteiger partial charge in [0.2, 0.25) is 0 Å². The number of nitrogens with zero attached hydrogens (tertiary/aromatic N) is 5. The van der Waals surface area contributed by atoms with Crippen LogP contribution in [-0.4, -0.2) is 151 Å². The summed E-state index contributed by atoms with van der Waals surface area (Å²) in [6.45, 7) is 7.04. The van der Waals surface area contributed by atoms with Gasteiger partial charge in [-0.2, -0.15) is 64.0 Å². The Labute approximate surface area is 801 Å². The van der Waals surface area contributed by atoms with E-state index in [0.29, 0.717) is 18.0 Å². The van der Waals surface area contributed by atoms with Crippen molar-refractivity contribution in [3.8, 4) is 0 Å². The van der Waals surface area contributed by atoms with Crippen molar-refractivity contribution in [2.45, 2.75) is 188 Å². The number of halogens is 16. The SMILES string of the molecule is CN1CCCCC1C(NC(=O)c1cccc(C(F)(F)F)c1Cl)c1ccsc1.CN1CCCCC1C(NC(=O)c1cccs1)c1ccccc1.CN1CCC[C@@H]1[C@H](NC(=O)c1cccc(C(F)(F)F)c1Cl)c1ccccc1.C[C@@H]1CCC[C@H]([C@H](NC(=O)c2cccc(C(F)(F)F)c2Cl)c2ccccc2)N1C.O=C(N[C@@H](c1ccccc1)[C@@H]1CC2CCN1CC2)c1cccc(C(F)(F)F)c1Cl. The number of carbonyl (C=O) groups excluding carboxylic acids is 5. The van der Waals surface area contributed by atoms with E-state index in [9.17, 15) is 76.7 Å². The molecule has 4 unspecified atom stereocenters. The van der Waals surface area contributed by atoms with Crippen molar-refractivity contribution < 1.29 is 76.7 Å². The molecule has 11 atom stereocenters. The van der Waals surface area contributed by atoms with Gasteiger partial charge in [0.05, 0.1) is 99.7 Å². The quantitative estimate of drug-likeness (QED) is 0.0465. The summed E-state index contributed by atoms with van der Waals surface area (Å²) < 4.78 is 158. The van der Waals surface area contributed by atoms with Gasteiger partial charge in [-0.3, -0.25) is 33.8 Å². The molecule has 7 fully saturated rings. The smallest absolute Gasteiger partial charge is 0.344 e. The van der Waals surface area contributed by atoms with Crippen LogP contribution in [0.15, 0.2) is 228 Å². The largest absolute Gasteiger partial charge is 0.417 e. The van der Waals surface area contributed by atoms with Gasteiger partial charge in [0.15, 0.2) is 0 Å². The molecular weight excluding hydrogens is 1870 g/mol. The van der Waals surface area contributed by atoms with Crippen LogP contribution >= 0.6 is 69.1 Å². The molecule has 7 aliphatic rings. The zero-order valence-corrected chi connectivity index (χ0v) is 79.1. The normalized spacial score (nSPS) is 21.2. The van der Waals surface area contributed by atoms with Crippen molar-refractivity contribution >= 4 is 98.6 Å². The number of alkyl halides is 12. The third-order valence-corrected chi connectivity index (χ3v) is 29.3. The lowest BCUT2D eigenvalue weighted by Crippen LogP contribution is -2.54. The zero-order chi connectivity index (χ0) is 96.3. The van der Waals surface area contributed by atoms with Gasteiger partial charge in [-0.15, -0.1) is 11.3 Å². The summed E-state index contributed by atoms with van der Waals surface area (Å²) >= 11 is 26.8. The van der Waals surface area contributed by atoms with Crippen LogP contribution in [0, 0.1) is 5.92 Å². The molecule has 0 spiro atoms. The molecule has 2 bridgehead atoms. The summed E-state index contributed by atoms with van der Waals surface area (Å²) in [6, 6.07) is 58.0. The summed E-state index contributed by atoms with van der Waals surface area (Å²) in [5, 5.41) is 18.6. The van der Waals surface area contributed by atoms with Crippen molar-refractivity contribution in [3.63, 3.8) is 0 Å². The van der Waals surface area contributed by atoms with Crippen LogP contribution in [0.25, 0.3) is 0 Å². The highest BCUT2D eigenvalue weighted by Crippen LogP contribution is 2.45. The second-order valence-corrected chi connectivity index (χ2v) is 37.9. The third-order valence-electron chi connectivity index (χ3n) is 26.1. The Bertz CT molecular complexity index is 5380. The number of piperidine rings is 6. The minimum atomic E-state index is -4.62. The molecular formula is C101H108Cl4F12N10O5S2. The Hall–Kier alpha value is -9.37. The van der Waals surface area contributed by atoms with E-state index in [4.69, 9.17) is 46.4 Å². The number of likely N-dealkylation sites (N-methyl/N-ethyl adjacent to an activating group) is 4. The van der Waals surface area contributed by atoms with E-state index < -0.39 is 90.7 Å². The van der Waals surface area contributed by atoms with Gasteiger partial charge in [-0.25, -0.2) is 0 Å². The highest BCUT2D eigenvalue weighted by Gasteiger charge is 2.44. The molecule has 9 heterocycles. The van der Waals surface area contributed by atoms with Crippen LogP contribution in [-0.2, 0) is 24.7 Å². The number of fused-ring (bicyclic) bond motifs is 3. The van der Waals surface area contributed by atoms with Gasteiger partial charge < -0.3 is 41.3 Å². The lowest BCUT2D eigenvalue weighted by molar-refractivity contribution is -0.138. The fraction of sp³-hybridized carbons (Fsp3) is 0.396. The van der Waals surface area contributed by atoms with Crippen molar-refractivity contribution in [1.29, 1.82) is 0 Å². The van der Waals surface area contributed by atoms with E-state index in [0.717, 1.165) is 161 Å². The minimum absolute atomic E-state index is 0.0304. The predicted molar refractivity (Wildman–Crippen MR) is 505 cm³/mol. The predicted octanol–water partition coefficient (Wildman–Crippen LogP) is 25.0. The number of likely N-dealkylation sites (tertiary alicyclic amines) is 4. The number of hydrogen-bond donors (Lipinski definition) is 5. The zero-order valence-electron chi connectivity index (χ0n) is 74.4. The monoisotopic (exact) mass is 1970 g/mol. The summed E-state index contributed by atoms with van der Waals surface area (Å²) in [5.41, 5.74) is 0.232. The number of benzene rings is 8. The number of rotatable bonds is 20. The second kappa shape index (κ2) is 47.1. The molecule has 134 heavy (non-hydrogen) atoms. The number of thiophene rings is 2. The van der Waals surface area contributed by atoms with Crippen molar-refractivity contribution in [2.24, 2.45) is 5.92 Å². The van der Waals surface area contributed by atoms with Crippen LogP contribution < -0.4 is 26.6 Å². The molecule has 10 aromatic rings. The Balaban J connectivity index is 0.000000151. The van der Waals surface area contributed by atoms with Crippen LogP contribution in [0.1, 0.15) is 228 Å². The summed E-state index contributed by atoms with van der Waals surface area (Å²) in [6.07, 6.45) is -3.63. The first-order valence-electron chi connectivity index (χ1n) is 44.7. The van der Waals surface area contributed by atoms with E-state index in [-0.39, 0.29) is 82.5 Å². The lowest BCUT2D eigenvalue weighted by atomic mass is 9.79. The van der Waals surface area contributed by atoms with Crippen molar-refractivity contribution in [3.05, 3.63) is 326 Å². The first kappa shape index (κ1) is 104. The Kier molecular flexibility index (Phi) is 36.4. The fourth-order valence-corrected chi connectivity index (χ4v) is 21.4. The van der Waals surface area contributed by atoms with Crippen LogP contribution in [0.3, 0.4) is 0 Å². The summed E-state index contributed by atoms with van der Waals surface area (Å²) in [4.78, 5) is 76.3. The average molecular weight is 1980 g/mol. The maximum Gasteiger partial charge on any atom is 0.417 e. The summed E-state index contributed by atoms with van der Waals surface area (Å²) in [7, 11) is 8.18. The molecule has 2 aromatic heterocycles. The third kappa shape index (κ3) is 26.7. The first-order valence-corrected chi connectivity index (χ1v) is 48.0. The highest BCUT2D eigenvalue weighted by molar-refractivity contribution is 7.12. The van der Waals surface area contributed by atoms with Gasteiger partial charge in [0, 0.05) is 36.3 Å². The highest BCUT2D eigenvalue weighted by atomic mass is 35.5. The Morgan fingerprint density at radius 1 is 0.328 bits per heavy atom. The van der Waals surface area contributed by atoms with Gasteiger partial charge in [-0.05, 0) is 249 Å². The molecule has 7 aliphatic heterocycles. The van der Waals surface area contributed by atoms with E-state index in [1.54, 1.807) is 0 Å². The van der Waals surface area contributed by atoms with Gasteiger partial charge in [0.25, 0.3) is 29.5 Å². The van der Waals surface area contributed by atoms with Crippen molar-refractivity contribution in [1.82, 2.24) is 51.1 Å². The van der Waals surface area contributed by atoms with Crippen LogP contribution in [0.5, 0.6) is 0 Å². The molecule has 8 aromatic carbocycles. The van der Waals surface area contributed by atoms with E-state index in [1.165, 1.54) is 89.6 Å². The van der Waals surface area contributed by atoms with Gasteiger partial charge >= 0.3 is 24.7 Å². The Morgan fingerprint density at radius 3 is 0.948 bits per heavy atom. The Morgan fingerprint density at radius 2 is 0.649 bits per heavy atom. The van der Waals surface area contributed by atoms with E-state index in [2.05, 4.69) is 77.2 Å². The molecule has 5 amide bonds. The number of carbonyl (C=O) groups is 5. The van der Waals surface area contributed by atoms with Crippen LogP contribution in [0.2, 0.25) is 20.1 Å². The van der Waals surface area contributed by atoms with Crippen LogP contribution in [0.4, 0.5) is 52.7 Å². The first-order chi connectivity index (χ1) is 63.9. The molecule has 33 heteroatoms. The average Bonchev–Trinajstić information content (AvgIpc) is 0.925. The maximum absolute atomic E-state index is 13.2. The number of hydrogen-bond acceptors (Lipinski definition) is 12. The maximum atomic E-state index is 13.2. The van der Waals surface area contributed by atoms with E-state index >= 15 is 0 Å².